The number of carboxylic acids is 1. The minimum atomic E-state index is -1.28. The van der Waals surface area contributed by atoms with Gasteiger partial charge in [0.1, 0.15) is 12.6 Å². The first-order valence-corrected chi connectivity index (χ1v) is 5.25. The Balaban J connectivity index is 2.41. The van der Waals surface area contributed by atoms with Gasteiger partial charge in [0, 0.05) is 0 Å². The van der Waals surface area contributed by atoms with Crippen LogP contribution in [0.2, 0.25) is 0 Å². The van der Waals surface area contributed by atoms with Crippen molar-refractivity contribution in [2.75, 3.05) is 0 Å². The minimum absolute atomic E-state index is 0.0765. The van der Waals surface area contributed by atoms with E-state index < -0.39 is 24.4 Å². The van der Waals surface area contributed by atoms with Crippen molar-refractivity contribution in [3.63, 3.8) is 0 Å². The van der Waals surface area contributed by atoms with Gasteiger partial charge in [-0.05, 0) is 5.56 Å². The Bertz CT molecular complexity index is 418. The first-order chi connectivity index (χ1) is 8.63. The van der Waals surface area contributed by atoms with Gasteiger partial charge in [-0.25, -0.2) is 4.79 Å². The van der Waals surface area contributed by atoms with Gasteiger partial charge >= 0.3 is 11.9 Å². The van der Waals surface area contributed by atoms with Crippen LogP contribution in [-0.4, -0.2) is 29.5 Å². The third-order valence-corrected chi connectivity index (χ3v) is 2.18. The number of rotatable bonds is 7. The SMILES string of the molecule is O=CNC(CC(=O)OCc1ccccc1)C(=O)O. The number of nitrogens with one attached hydrogen (secondary N) is 1. The van der Waals surface area contributed by atoms with Crippen molar-refractivity contribution in [1.82, 2.24) is 5.32 Å². The number of carbonyl (C=O) groups excluding carboxylic acids is 2. The average molecular weight is 251 g/mol. The van der Waals surface area contributed by atoms with Gasteiger partial charge in [-0.15, -0.1) is 0 Å². The van der Waals surface area contributed by atoms with Crippen LogP contribution in [0.5, 0.6) is 0 Å². The monoisotopic (exact) mass is 251 g/mol. The molecule has 6 nitrogen and oxygen atoms in total. The summed E-state index contributed by atoms with van der Waals surface area (Å²) in [6.07, 6.45) is -0.163. The fraction of sp³-hybridized carbons (Fsp3) is 0.250. The number of carbonyl (C=O) groups is 3. The van der Waals surface area contributed by atoms with E-state index in [1.807, 2.05) is 11.4 Å². The summed E-state index contributed by atoms with van der Waals surface area (Å²) in [6, 6.07) is 7.75. The van der Waals surface area contributed by atoms with Gasteiger partial charge in [0.2, 0.25) is 6.41 Å². The molecule has 96 valence electrons. The van der Waals surface area contributed by atoms with Gasteiger partial charge in [0.25, 0.3) is 0 Å². The maximum absolute atomic E-state index is 11.4. The van der Waals surface area contributed by atoms with Gasteiger partial charge in [-0.3, -0.25) is 9.59 Å². The number of amides is 1. The summed E-state index contributed by atoms with van der Waals surface area (Å²) < 4.78 is 4.90. The predicted octanol–water partition coefficient (Wildman–Crippen LogP) is 0.319. The molecule has 2 N–H and O–H groups in total. The topological polar surface area (TPSA) is 92.7 Å². The lowest BCUT2D eigenvalue weighted by Gasteiger charge is -2.10. The highest BCUT2D eigenvalue weighted by atomic mass is 16.5. The van der Waals surface area contributed by atoms with Gasteiger partial charge < -0.3 is 15.2 Å². The number of hydrogen-bond acceptors (Lipinski definition) is 4. The molecule has 1 aromatic rings. The highest BCUT2D eigenvalue weighted by molar-refractivity contribution is 5.83. The molecule has 1 aromatic carbocycles. The fourth-order valence-electron chi connectivity index (χ4n) is 1.26. The lowest BCUT2D eigenvalue weighted by Crippen LogP contribution is -2.38. The van der Waals surface area contributed by atoms with E-state index in [1.165, 1.54) is 0 Å². The highest BCUT2D eigenvalue weighted by Gasteiger charge is 2.21. The number of hydrogen-bond donors (Lipinski definition) is 2. The fourth-order valence-corrected chi connectivity index (χ4v) is 1.26. The standard InChI is InChI=1S/C12H13NO5/c14-8-13-10(12(16)17)6-11(15)18-7-9-4-2-1-3-5-9/h1-5,8,10H,6-7H2,(H,13,14)(H,16,17). The summed E-state index contributed by atoms with van der Waals surface area (Å²) in [5.74, 6) is -1.96. The summed E-state index contributed by atoms with van der Waals surface area (Å²) in [7, 11) is 0. The molecular formula is C12H13NO5. The van der Waals surface area contributed by atoms with Crippen molar-refractivity contribution in [2.45, 2.75) is 19.1 Å². The molecule has 0 heterocycles. The molecule has 1 unspecified atom stereocenters. The Hall–Kier alpha value is -2.37. The van der Waals surface area contributed by atoms with E-state index in [4.69, 9.17) is 9.84 Å². The second-order valence-corrected chi connectivity index (χ2v) is 3.53. The summed E-state index contributed by atoms with van der Waals surface area (Å²) in [4.78, 5) is 32.2. The first-order valence-electron chi connectivity index (χ1n) is 5.25. The molecule has 6 heteroatoms. The van der Waals surface area contributed by atoms with Crippen LogP contribution < -0.4 is 5.32 Å². The highest BCUT2D eigenvalue weighted by Crippen LogP contribution is 2.03. The molecule has 0 fully saturated rings. The third kappa shape index (κ3) is 4.65. The van der Waals surface area contributed by atoms with Gasteiger partial charge in [0.15, 0.2) is 0 Å². The van der Waals surface area contributed by atoms with Crippen LogP contribution in [0.15, 0.2) is 30.3 Å². The van der Waals surface area contributed by atoms with Crippen LogP contribution in [0.4, 0.5) is 0 Å². The number of ether oxygens (including phenoxy) is 1. The molecule has 0 spiro atoms. The molecule has 0 aliphatic carbocycles. The Kier molecular flexibility index (Phi) is 5.37. The molecule has 0 radical (unpaired) electrons. The zero-order chi connectivity index (χ0) is 13.4. The van der Waals surface area contributed by atoms with E-state index >= 15 is 0 Å². The third-order valence-electron chi connectivity index (χ3n) is 2.18. The average Bonchev–Trinajstić information content (AvgIpc) is 2.37. The van der Waals surface area contributed by atoms with E-state index in [0.717, 1.165) is 5.56 Å². The van der Waals surface area contributed by atoms with E-state index in [2.05, 4.69) is 0 Å². The van der Waals surface area contributed by atoms with Crippen LogP contribution in [0.1, 0.15) is 12.0 Å². The van der Waals surface area contributed by atoms with E-state index in [9.17, 15) is 14.4 Å². The van der Waals surface area contributed by atoms with E-state index in [-0.39, 0.29) is 13.0 Å². The number of esters is 1. The Morgan fingerprint density at radius 1 is 1.33 bits per heavy atom. The zero-order valence-corrected chi connectivity index (χ0v) is 9.54. The molecule has 1 rings (SSSR count). The van der Waals surface area contributed by atoms with Crippen molar-refractivity contribution < 1.29 is 24.2 Å². The molecule has 18 heavy (non-hydrogen) atoms. The van der Waals surface area contributed by atoms with Crippen LogP contribution in [0.3, 0.4) is 0 Å². The normalized spacial score (nSPS) is 11.3. The van der Waals surface area contributed by atoms with Crippen molar-refractivity contribution in [3.8, 4) is 0 Å². The maximum atomic E-state index is 11.4. The molecule has 0 aliphatic heterocycles. The van der Waals surface area contributed by atoms with Crippen LogP contribution in [0.25, 0.3) is 0 Å². The molecule has 0 bridgehead atoms. The van der Waals surface area contributed by atoms with Crippen molar-refractivity contribution in [2.24, 2.45) is 0 Å². The Morgan fingerprint density at radius 3 is 2.56 bits per heavy atom. The first kappa shape index (κ1) is 13.7. The zero-order valence-electron chi connectivity index (χ0n) is 9.54. The van der Waals surface area contributed by atoms with Gasteiger partial charge in [0.05, 0.1) is 6.42 Å². The predicted molar refractivity (Wildman–Crippen MR) is 61.5 cm³/mol. The lowest BCUT2D eigenvalue weighted by atomic mass is 10.2. The molecule has 1 amide bonds. The number of carboxylic acid groups (broad SMARTS) is 1. The van der Waals surface area contributed by atoms with Crippen molar-refractivity contribution in [1.29, 1.82) is 0 Å². The summed E-state index contributed by atoms with van der Waals surface area (Å²) in [5.41, 5.74) is 0.807. The largest absolute Gasteiger partial charge is 0.480 e. The van der Waals surface area contributed by atoms with Crippen molar-refractivity contribution >= 4 is 18.3 Å². The van der Waals surface area contributed by atoms with Crippen LogP contribution >= 0.6 is 0 Å². The second-order valence-electron chi connectivity index (χ2n) is 3.53. The van der Waals surface area contributed by atoms with E-state index in [1.54, 1.807) is 24.3 Å². The van der Waals surface area contributed by atoms with E-state index in [0.29, 0.717) is 0 Å². The number of benzene rings is 1. The molecule has 0 aromatic heterocycles. The quantitative estimate of drug-likeness (QED) is 0.537. The summed E-state index contributed by atoms with van der Waals surface area (Å²) >= 11 is 0. The molecular weight excluding hydrogens is 238 g/mol. The number of aliphatic carboxylic acids is 1. The maximum Gasteiger partial charge on any atom is 0.326 e. The summed E-state index contributed by atoms with van der Waals surface area (Å²) in [5, 5.41) is 10.7. The minimum Gasteiger partial charge on any atom is -0.480 e. The molecule has 0 saturated carbocycles. The molecule has 0 saturated heterocycles. The molecule has 1 atom stereocenters. The van der Waals surface area contributed by atoms with Gasteiger partial charge in [-0.2, -0.15) is 0 Å². The summed E-state index contributed by atoms with van der Waals surface area (Å²) in [6.45, 7) is 0.0765. The van der Waals surface area contributed by atoms with Crippen molar-refractivity contribution in [3.05, 3.63) is 35.9 Å². The smallest absolute Gasteiger partial charge is 0.326 e. The molecule has 0 aliphatic rings. The van der Waals surface area contributed by atoms with Crippen LogP contribution in [-0.2, 0) is 25.7 Å². The Labute approximate surface area is 104 Å². The second kappa shape index (κ2) is 7.05. The van der Waals surface area contributed by atoms with Crippen LogP contribution in [0, 0.1) is 0 Å². The Morgan fingerprint density at radius 2 is 2.00 bits per heavy atom. The van der Waals surface area contributed by atoms with Gasteiger partial charge in [-0.1, -0.05) is 30.3 Å². The lowest BCUT2D eigenvalue weighted by molar-refractivity contribution is -0.150.